The third kappa shape index (κ3) is 5.83. The number of carbonyl (C=O) groups excluding carboxylic acids is 1. The molecular weight excluding hydrogens is 356 g/mol. The van der Waals surface area contributed by atoms with Crippen molar-refractivity contribution < 1.29 is 31.8 Å². The predicted molar refractivity (Wildman–Crippen MR) is 86.7 cm³/mol. The van der Waals surface area contributed by atoms with Crippen LogP contribution in [0.4, 0.5) is 28.0 Å². The van der Waals surface area contributed by atoms with E-state index in [0.717, 1.165) is 6.07 Å². The molecule has 2 aromatic rings. The summed E-state index contributed by atoms with van der Waals surface area (Å²) >= 11 is 0. The summed E-state index contributed by atoms with van der Waals surface area (Å²) in [5, 5.41) is 2.33. The highest BCUT2D eigenvalue weighted by Gasteiger charge is 2.32. The second-order valence-corrected chi connectivity index (χ2v) is 5.17. The number of rotatable bonds is 6. The number of nitrogens with one attached hydrogen (secondary N) is 1. The van der Waals surface area contributed by atoms with Gasteiger partial charge in [0, 0.05) is 7.05 Å². The van der Waals surface area contributed by atoms with Crippen molar-refractivity contribution in [3.05, 3.63) is 54.3 Å². The number of halogens is 4. The fourth-order valence-electron chi connectivity index (χ4n) is 1.95. The lowest BCUT2D eigenvalue weighted by atomic mass is 10.3. The van der Waals surface area contributed by atoms with Gasteiger partial charge in [-0.1, -0.05) is 24.3 Å². The minimum atomic E-state index is -4.87. The third-order valence-corrected chi connectivity index (χ3v) is 3.22. The fourth-order valence-corrected chi connectivity index (χ4v) is 1.95. The highest BCUT2D eigenvalue weighted by atomic mass is 19.4. The van der Waals surface area contributed by atoms with Crippen LogP contribution >= 0.6 is 0 Å². The van der Waals surface area contributed by atoms with Crippen molar-refractivity contribution in [1.29, 1.82) is 0 Å². The molecule has 2 amide bonds. The first kappa shape index (κ1) is 19.4. The Labute approximate surface area is 147 Å². The number of carbonyl (C=O) groups is 1. The zero-order chi connectivity index (χ0) is 19.2. The number of nitrogens with zero attached hydrogens (tertiary/aromatic N) is 1. The van der Waals surface area contributed by atoms with Crippen molar-refractivity contribution in [3.8, 4) is 11.5 Å². The lowest BCUT2D eigenvalue weighted by molar-refractivity contribution is -0.274. The molecule has 0 aliphatic rings. The molecule has 0 fully saturated rings. The Hall–Kier alpha value is -2.97. The van der Waals surface area contributed by atoms with Gasteiger partial charge in [-0.05, 0) is 24.3 Å². The molecule has 0 unspecified atom stereocenters. The molecule has 2 aromatic carbocycles. The van der Waals surface area contributed by atoms with Crippen molar-refractivity contribution in [2.24, 2.45) is 0 Å². The third-order valence-electron chi connectivity index (χ3n) is 3.22. The molecule has 26 heavy (non-hydrogen) atoms. The van der Waals surface area contributed by atoms with Crippen LogP contribution < -0.4 is 14.8 Å². The normalized spacial score (nSPS) is 11.0. The SMILES string of the molecule is CN(CCOc1ccccc1F)C(=O)Nc1ccccc1OC(F)(F)F. The molecule has 0 atom stereocenters. The van der Waals surface area contributed by atoms with Gasteiger partial charge < -0.3 is 19.7 Å². The standard InChI is InChI=1S/C17H16F4N2O3/c1-23(10-11-25-14-8-4-2-6-12(14)18)16(24)22-13-7-3-5-9-15(13)26-17(19,20)21/h2-9H,10-11H2,1H3,(H,22,24). The summed E-state index contributed by atoms with van der Waals surface area (Å²) in [5.41, 5.74) is -0.128. The number of hydrogen-bond acceptors (Lipinski definition) is 3. The molecule has 0 aliphatic heterocycles. The Balaban J connectivity index is 1.90. The zero-order valence-electron chi connectivity index (χ0n) is 13.7. The van der Waals surface area contributed by atoms with Crippen LogP contribution in [0.2, 0.25) is 0 Å². The number of ether oxygens (including phenoxy) is 2. The Morgan fingerprint density at radius 3 is 2.35 bits per heavy atom. The van der Waals surface area contributed by atoms with Gasteiger partial charge in [-0.2, -0.15) is 0 Å². The van der Waals surface area contributed by atoms with Crippen molar-refractivity contribution in [1.82, 2.24) is 4.90 Å². The van der Waals surface area contributed by atoms with Crippen LogP contribution in [0.1, 0.15) is 0 Å². The van der Waals surface area contributed by atoms with Gasteiger partial charge >= 0.3 is 12.4 Å². The van der Waals surface area contributed by atoms with Gasteiger partial charge in [0.15, 0.2) is 17.3 Å². The molecule has 9 heteroatoms. The number of benzene rings is 2. The molecule has 2 rings (SSSR count). The summed E-state index contributed by atoms with van der Waals surface area (Å²) in [7, 11) is 1.42. The summed E-state index contributed by atoms with van der Waals surface area (Å²) in [4.78, 5) is 13.3. The Kier molecular flexibility index (Phi) is 6.26. The van der Waals surface area contributed by atoms with Crippen molar-refractivity contribution in [2.75, 3.05) is 25.5 Å². The number of alkyl halides is 3. The summed E-state index contributed by atoms with van der Waals surface area (Å²) in [6.45, 7) is 0.0913. The van der Waals surface area contributed by atoms with E-state index in [2.05, 4.69) is 10.1 Å². The predicted octanol–water partition coefficient (Wildman–Crippen LogP) is 4.27. The van der Waals surface area contributed by atoms with E-state index in [1.165, 1.54) is 48.3 Å². The van der Waals surface area contributed by atoms with Gasteiger partial charge in [-0.25, -0.2) is 9.18 Å². The fraction of sp³-hybridized carbons (Fsp3) is 0.235. The highest BCUT2D eigenvalue weighted by molar-refractivity contribution is 5.90. The van der Waals surface area contributed by atoms with Gasteiger partial charge in [0.2, 0.25) is 0 Å². The van der Waals surface area contributed by atoms with Gasteiger partial charge in [-0.3, -0.25) is 0 Å². The highest BCUT2D eigenvalue weighted by Crippen LogP contribution is 2.30. The van der Waals surface area contributed by atoms with E-state index in [-0.39, 0.29) is 24.6 Å². The number of urea groups is 1. The molecule has 140 valence electrons. The van der Waals surface area contributed by atoms with Gasteiger partial charge in [0.1, 0.15) is 6.61 Å². The van der Waals surface area contributed by atoms with Crippen LogP contribution in [0.25, 0.3) is 0 Å². The molecule has 0 aromatic heterocycles. The van der Waals surface area contributed by atoms with Crippen LogP contribution in [0.3, 0.4) is 0 Å². The molecule has 5 nitrogen and oxygen atoms in total. The lowest BCUT2D eigenvalue weighted by Gasteiger charge is -2.20. The first-order valence-electron chi connectivity index (χ1n) is 7.50. The number of likely N-dealkylation sites (N-methyl/N-ethyl adjacent to an activating group) is 1. The summed E-state index contributed by atoms with van der Waals surface area (Å²) < 4.78 is 59.7. The summed E-state index contributed by atoms with van der Waals surface area (Å²) in [5.74, 6) is -1.01. The van der Waals surface area contributed by atoms with Crippen LogP contribution in [0.15, 0.2) is 48.5 Å². The van der Waals surface area contributed by atoms with Crippen LogP contribution in [0, 0.1) is 5.82 Å². The van der Waals surface area contributed by atoms with Gasteiger partial charge in [-0.15, -0.1) is 13.2 Å². The molecule has 0 saturated heterocycles. The topological polar surface area (TPSA) is 50.8 Å². The average Bonchev–Trinajstić information content (AvgIpc) is 2.57. The second-order valence-electron chi connectivity index (χ2n) is 5.17. The van der Waals surface area contributed by atoms with Crippen LogP contribution in [-0.2, 0) is 0 Å². The summed E-state index contributed by atoms with van der Waals surface area (Å²) in [6, 6.07) is 10.3. The molecule has 0 heterocycles. The minimum Gasteiger partial charge on any atom is -0.489 e. The van der Waals surface area contributed by atoms with Crippen LogP contribution in [0.5, 0.6) is 11.5 Å². The van der Waals surface area contributed by atoms with E-state index in [9.17, 15) is 22.4 Å². The van der Waals surface area contributed by atoms with Gasteiger partial charge in [0.05, 0.1) is 12.2 Å². The number of anilines is 1. The molecule has 1 N–H and O–H groups in total. The van der Waals surface area contributed by atoms with Gasteiger partial charge in [0.25, 0.3) is 0 Å². The minimum absolute atomic E-state index is 0.00551. The average molecular weight is 372 g/mol. The molecule has 0 aliphatic carbocycles. The maximum atomic E-state index is 13.4. The first-order chi connectivity index (χ1) is 12.3. The molecule has 0 spiro atoms. The number of para-hydroxylation sites is 3. The van der Waals surface area contributed by atoms with E-state index < -0.39 is 24.0 Å². The monoisotopic (exact) mass is 372 g/mol. The zero-order valence-corrected chi connectivity index (χ0v) is 13.7. The van der Waals surface area contributed by atoms with E-state index in [4.69, 9.17) is 4.74 Å². The maximum absolute atomic E-state index is 13.4. The quantitative estimate of drug-likeness (QED) is 0.771. The first-order valence-corrected chi connectivity index (χ1v) is 7.50. The van der Waals surface area contributed by atoms with Crippen LogP contribution in [-0.4, -0.2) is 37.5 Å². The Morgan fingerprint density at radius 1 is 1.08 bits per heavy atom. The number of hydrogen-bond donors (Lipinski definition) is 1. The van der Waals surface area contributed by atoms with Crippen molar-refractivity contribution in [2.45, 2.75) is 6.36 Å². The Bertz CT molecular complexity index is 753. The Morgan fingerprint density at radius 2 is 1.69 bits per heavy atom. The van der Waals surface area contributed by atoms with E-state index in [0.29, 0.717) is 0 Å². The lowest BCUT2D eigenvalue weighted by Crippen LogP contribution is -2.34. The van der Waals surface area contributed by atoms with Crippen molar-refractivity contribution >= 4 is 11.7 Å². The van der Waals surface area contributed by atoms with E-state index in [1.54, 1.807) is 6.07 Å². The maximum Gasteiger partial charge on any atom is 0.573 e. The smallest absolute Gasteiger partial charge is 0.489 e. The largest absolute Gasteiger partial charge is 0.573 e. The molecule has 0 radical (unpaired) electrons. The summed E-state index contributed by atoms with van der Waals surface area (Å²) in [6.07, 6.45) is -4.87. The molecule has 0 saturated carbocycles. The van der Waals surface area contributed by atoms with Crippen molar-refractivity contribution in [3.63, 3.8) is 0 Å². The van der Waals surface area contributed by atoms with E-state index in [1.807, 2.05) is 0 Å². The van der Waals surface area contributed by atoms with E-state index >= 15 is 0 Å². The second kappa shape index (κ2) is 8.41. The number of amides is 2. The molecular formula is C17H16F4N2O3. The molecule has 0 bridgehead atoms.